The summed E-state index contributed by atoms with van der Waals surface area (Å²) in [5, 5.41) is 0. The lowest BCUT2D eigenvalue weighted by Crippen LogP contribution is -2.53. The highest BCUT2D eigenvalue weighted by Crippen LogP contribution is 2.48. The minimum atomic E-state index is -5.98. The van der Waals surface area contributed by atoms with Crippen molar-refractivity contribution in [2.24, 2.45) is 0 Å². The van der Waals surface area contributed by atoms with Gasteiger partial charge in [-0.05, 0) is 0 Å². The second-order valence-electron chi connectivity index (χ2n) is 2.54. The molecule has 0 radical (unpaired) electrons. The van der Waals surface area contributed by atoms with Crippen LogP contribution in [-0.4, -0.2) is 31.7 Å². The molecule has 0 aliphatic carbocycles. The minimum Gasteiger partial charge on any atom is -0.385 e. The van der Waals surface area contributed by atoms with E-state index < -0.39 is 31.0 Å². The Morgan fingerprint density at radius 1 is 0.857 bits per heavy atom. The Morgan fingerprint density at radius 2 is 1.21 bits per heavy atom. The fraction of sp³-hybridized carbons (Fsp3) is 1.00. The predicted molar refractivity (Wildman–Crippen MR) is 32.4 cm³/mol. The molecule has 0 aromatic rings. The maximum atomic E-state index is 12.7. The molecule has 0 aliphatic rings. The van der Waals surface area contributed by atoms with Crippen molar-refractivity contribution in [3.63, 3.8) is 0 Å². The molecule has 0 heterocycles. The molecule has 0 N–H and O–H groups in total. The zero-order chi connectivity index (χ0) is 11.6. The lowest BCUT2D eigenvalue weighted by molar-refractivity contribution is -0.344. The summed E-state index contributed by atoms with van der Waals surface area (Å²) >= 11 is 0. The molecule has 0 unspecified atom stereocenters. The molecule has 0 fully saturated rings. The van der Waals surface area contributed by atoms with Crippen LogP contribution in [0.3, 0.4) is 0 Å². The average Bonchev–Trinajstić information content (AvgIpc) is 1.95. The third kappa shape index (κ3) is 2.49. The van der Waals surface area contributed by atoms with E-state index in [1.54, 1.807) is 0 Å². The summed E-state index contributed by atoms with van der Waals surface area (Å²) in [5.74, 6) is 0. The summed E-state index contributed by atoms with van der Waals surface area (Å²) in [6.45, 7) is -0.963. The third-order valence-electron chi connectivity index (χ3n) is 1.55. The topological polar surface area (TPSA) is 9.23 Å². The highest BCUT2D eigenvalue weighted by Gasteiger charge is 2.71. The lowest BCUT2D eigenvalue weighted by Gasteiger charge is -2.29. The SMILES string of the molecule is COCCC(F)(C(F)(F)F)C(F)(F)F. The molecule has 0 saturated carbocycles. The van der Waals surface area contributed by atoms with Crippen molar-refractivity contribution in [2.45, 2.75) is 24.4 Å². The van der Waals surface area contributed by atoms with E-state index in [2.05, 4.69) is 4.74 Å². The molecule has 0 spiro atoms. The van der Waals surface area contributed by atoms with Gasteiger partial charge in [0, 0.05) is 20.1 Å². The van der Waals surface area contributed by atoms with Gasteiger partial charge in [0.25, 0.3) is 0 Å². The molecule has 8 heteroatoms. The number of methoxy groups -OCH3 is 1. The molecule has 0 amide bonds. The average molecular weight is 228 g/mol. The van der Waals surface area contributed by atoms with Crippen LogP contribution >= 0.6 is 0 Å². The van der Waals surface area contributed by atoms with Gasteiger partial charge in [-0.3, -0.25) is 0 Å². The van der Waals surface area contributed by atoms with Crippen LogP contribution in [0.25, 0.3) is 0 Å². The van der Waals surface area contributed by atoms with Crippen molar-refractivity contribution in [3.8, 4) is 0 Å². The molecule has 14 heavy (non-hydrogen) atoms. The van der Waals surface area contributed by atoms with Crippen LogP contribution in [0.5, 0.6) is 0 Å². The number of hydrogen-bond acceptors (Lipinski definition) is 1. The zero-order valence-electron chi connectivity index (χ0n) is 6.97. The van der Waals surface area contributed by atoms with Crippen molar-refractivity contribution in [1.29, 1.82) is 0 Å². The van der Waals surface area contributed by atoms with Crippen molar-refractivity contribution in [2.75, 3.05) is 13.7 Å². The van der Waals surface area contributed by atoms with Crippen LogP contribution in [0.2, 0.25) is 0 Å². The van der Waals surface area contributed by atoms with Crippen LogP contribution in [-0.2, 0) is 4.74 Å². The van der Waals surface area contributed by atoms with Crippen LogP contribution in [0.4, 0.5) is 30.7 Å². The van der Waals surface area contributed by atoms with Gasteiger partial charge in [0.2, 0.25) is 0 Å². The van der Waals surface area contributed by atoms with E-state index in [9.17, 15) is 30.7 Å². The van der Waals surface area contributed by atoms with Crippen LogP contribution < -0.4 is 0 Å². The van der Waals surface area contributed by atoms with Crippen molar-refractivity contribution in [3.05, 3.63) is 0 Å². The van der Waals surface area contributed by atoms with E-state index in [0.717, 1.165) is 7.11 Å². The van der Waals surface area contributed by atoms with E-state index in [1.165, 1.54) is 0 Å². The first-order valence-corrected chi connectivity index (χ1v) is 3.37. The van der Waals surface area contributed by atoms with E-state index in [1.807, 2.05) is 0 Å². The number of hydrogen-bond donors (Lipinski definition) is 0. The molecule has 0 rings (SSSR count). The van der Waals surface area contributed by atoms with Crippen molar-refractivity contribution in [1.82, 2.24) is 0 Å². The molecule has 0 atom stereocenters. The number of halogens is 7. The zero-order valence-corrected chi connectivity index (χ0v) is 6.97. The van der Waals surface area contributed by atoms with E-state index >= 15 is 0 Å². The highest BCUT2D eigenvalue weighted by atomic mass is 19.4. The van der Waals surface area contributed by atoms with Crippen LogP contribution in [0, 0.1) is 0 Å². The highest BCUT2D eigenvalue weighted by molar-refractivity contribution is 4.94. The maximum Gasteiger partial charge on any atom is 0.431 e. The van der Waals surface area contributed by atoms with Gasteiger partial charge in [0.1, 0.15) is 0 Å². The quantitative estimate of drug-likeness (QED) is 0.675. The first-order chi connectivity index (χ1) is 6.06. The molecule has 0 aliphatic heterocycles. The van der Waals surface area contributed by atoms with Gasteiger partial charge < -0.3 is 4.74 Å². The predicted octanol–water partition coefficient (Wildman–Crippen LogP) is 2.86. The van der Waals surface area contributed by atoms with E-state index in [-0.39, 0.29) is 0 Å². The fourth-order valence-corrected chi connectivity index (χ4v) is 0.687. The van der Waals surface area contributed by atoms with Crippen molar-refractivity contribution < 1.29 is 35.5 Å². The van der Waals surface area contributed by atoms with Crippen molar-refractivity contribution >= 4 is 0 Å². The molecule has 0 saturated heterocycles. The van der Waals surface area contributed by atoms with Gasteiger partial charge in [0.05, 0.1) is 0 Å². The van der Waals surface area contributed by atoms with Gasteiger partial charge in [-0.25, -0.2) is 4.39 Å². The van der Waals surface area contributed by atoms with Crippen LogP contribution in [0.15, 0.2) is 0 Å². The maximum absolute atomic E-state index is 12.7. The fourth-order valence-electron chi connectivity index (χ4n) is 0.687. The molecule has 0 aromatic carbocycles. The molecular formula is C6H7F7O. The lowest BCUT2D eigenvalue weighted by atomic mass is 10.0. The summed E-state index contributed by atoms with van der Waals surface area (Å²) in [7, 11) is 0.882. The normalized spacial score (nSPS) is 14.6. The van der Waals surface area contributed by atoms with Gasteiger partial charge >= 0.3 is 18.0 Å². The first-order valence-electron chi connectivity index (χ1n) is 3.37. The summed E-state index contributed by atoms with van der Waals surface area (Å²) < 4.78 is 87.3. The summed E-state index contributed by atoms with van der Waals surface area (Å²) in [6, 6.07) is 0. The van der Waals surface area contributed by atoms with Crippen LogP contribution in [0.1, 0.15) is 6.42 Å². The Bertz CT molecular complexity index is 168. The molecule has 0 aromatic heterocycles. The van der Waals surface area contributed by atoms with E-state index in [0.29, 0.717) is 0 Å². The Morgan fingerprint density at radius 3 is 1.43 bits per heavy atom. The Hall–Kier alpha value is -0.530. The second-order valence-corrected chi connectivity index (χ2v) is 2.54. The first kappa shape index (κ1) is 13.5. The number of alkyl halides is 7. The van der Waals surface area contributed by atoms with Gasteiger partial charge in [-0.2, -0.15) is 26.3 Å². The van der Waals surface area contributed by atoms with Gasteiger partial charge in [0.15, 0.2) is 0 Å². The smallest absolute Gasteiger partial charge is 0.385 e. The Labute approximate surface area is 74.8 Å². The monoisotopic (exact) mass is 228 g/mol. The Balaban J connectivity index is 4.87. The third-order valence-corrected chi connectivity index (χ3v) is 1.55. The summed E-state index contributed by atoms with van der Waals surface area (Å²) in [4.78, 5) is 0. The Kier molecular flexibility index (Phi) is 3.77. The molecular weight excluding hydrogens is 221 g/mol. The van der Waals surface area contributed by atoms with E-state index in [4.69, 9.17) is 0 Å². The second kappa shape index (κ2) is 3.92. The standard InChI is InChI=1S/C6H7F7O/c1-14-3-2-4(7,5(8,9)10)6(11,12)13/h2-3H2,1H3. The summed E-state index contributed by atoms with van der Waals surface area (Å²) in [6.07, 6.45) is -13.8. The molecule has 86 valence electrons. The largest absolute Gasteiger partial charge is 0.431 e. The molecule has 1 nitrogen and oxygen atoms in total. The number of ether oxygens (including phenoxy) is 1. The number of rotatable bonds is 3. The minimum absolute atomic E-state index is 0.882. The molecule has 0 bridgehead atoms. The van der Waals surface area contributed by atoms with Gasteiger partial charge in [-0.1, -0.05) is 0 Å². The summed E-state index contributed by atoms with van der Waals surface area (Å²) in [5.41, 5.74) is -5.20. The van der Waals surface area contributed by atoms with Gasteiger partial charge in [-0.15, -0.1) is 0 Å².